The zero-order valence-electron chi connectivity index (χ0n) is 14.3. The Hall–Kier alpha value is -2.48. The van der Waals surface area contributed by atoms with E-state index in [1.807, 2.05) is 0 Å². The minimum Gasteiger partial charge on any atom is -0.439 e. The Labute approximate surface area is 161 Å². The molecule has 0 saturated carbocycles. The zero-order valence-corrected chi connectivity index (χ0v) is 15.9. The number of halogens is 2. The highest BCUT2D eigenvalue weighted by molar-refractivity contribution is 7.89. The molecule has 8 heteroatoms. The van der Waals surface area contributed by atoms with Crippen molar-refractivity contribution in [3.8, 4) is 11.6 Å². The summed E-state index contributed by atoms with van der Waals surface area (Å²) >= 11 is 5.89. The number of aromatic nitrogens is 1. The highest BCUT2D eigenvalue weighted by atomic mass is 35.5. The summed E-state index contributed by atoms with van der Waals surface area (Å²) in [5.41, 5.74) is 1.24. The van der Waals surface area contributed by atoms with Gasteiger partial charge in [-0.25, -0.2) is 22.5 Å². The van der Waals surface area contributed by atoms with Crippen LogP contribution in [0, 0.1) is 12.7 Å². The number of ether oxygens (including phenoxy) is 1. The fourth-order valence-electron chi connectivity index (χ4n) is 2.35. The minimum atomic E-state index is -3.71. The van der Waals surface area contributed by atoms with Crippen LogP contribution in [-0.4, -0.2) is 13.4 Å². The molecule has 0 aliphatic rings. The number of aryl methyl sites for hydroxylation is 1. The molecule has 0 radical (unpaired) electrons. The monoisotopic (exact) mass is 406 g/mol. The lowest BCUT2D eigenvalue weighted by molar-refractivity contribution is 0.457. The normalized spacial score (nSPS) is 11.4. The summed E-state index contributed by atoms with van der Waals surface area (Å²) < 4.78 is 46.1. The van der Waals surface area contributed by atoms with E-state index in [-0.39, 0.29) is 17.3 Å². The molecule has 3 rings (SSSR count). The molecule has 27 heavy (non-hydrogen) atoms. The molecule has 1 heterocycles. The predicted octanol–water partition coefficient (Wildman–Crippen LogP) is 4.45. The molecule has 0 aliphatic heterocycles. The SMILES string of the molecule is Cc1ccc(Cl)cc1S(=O)(=O)NCc1ccc(Oc2cccc(F)c2)nc1. The summed E-state index contributed by atoms with van der Waals surface area (Å²) in [5.74, 6) is 0.195. The van der Waals surface area contributed by atoms with Gasteiger partial charge in [0.1, 0.15) is 11.6 Å². The molecule has 0 bridgehead atoms. The van der Waals surface area contributed by atoms with E-state index >= 15 is 0 Å². The van der Waals surface area contributed by atoms with Gasteiger partial charge in [-0.3, -0.25) is 0 Å². The van der Waals surface area contributed by atoms with Crippen molar-refractivity contribution in [2.45, 2.75) is 18.4 Å². The van der Waals surface area contributed by atoms with E-state index in [1.165, 1.54) is 30.5 Å². The van der Waals surface area contributed by atoms with Gasteiger partial charge >= 0.3 is 0 Å². The van der Waals surface area contributed by atoms with Crippen LogP contribution < -0.4 is 9.46 Å². The second kappa shape index (κ2) is 8.04. The molecule has 2 aromatic carbocycles. The highest BCUT2D eigenvalue weighted by Gasteiger charge is 2.17. The van der Waals surface area contributed by atoms with Crippen molar-refractivity contribution in [3.63, 3.8) is 0 Å². The fraction of sp³-hybridized carbons (Fsp3) is 0.105. The van der Waals surface area contributed by atoms with E-state index in [0.29, 0.717) is 21.9 Å². The first kappa shape index (κ1) is 19.3. The first-order valence-corrected chi connectivity index (χ1v) is 9.84. The molecule has 0 saturated heterocycles. The van der Waals surface area contributed by atoms with E-state index in [4.69, 9.17) is 16.3 Å². The maximum Gasteiger partial charge on any atom is 0.241 e. The van der Waals surface area contributed by atoms with Crippen LogP contribution in [0.15, 0.2) is 65.7 Å². The third kappa shape index (κ3) is 5.03. The first-order chi connectivity index (χ1) is 12.8. The van der Waals surface area contributed by atoms with E-state index in [1.54, 1.807) is 37.3 Å². The number of nitrogens with one attached hydrogen (secondary N) is 1. The number of benzene rings is 2. The number of pyridine rings is 1. The van der Waals surface area contributed by atoms with Crippen LogP contribution in [0.1, 0.15) is 11.1 Å². The Morgan fingerprint density at radius 3 is 2.67 bits per heavy atom. The van der Waals surface area contributed by atoms with Crippen LogP contribution in [0.2, 0.25) is 5.02 Å². The average molecular weight is 407 g/mol. The van der Waals surface area contributed by atoms with Gasteiger partial charge in [0.15, 0.2) is 0 Å². The number of hydrogen-bond acceptors (Lipinski definition) is 4. The summed E-state index contributed by atoms with van der Waals surface area (Å²) in [6.45, 7) is 1.76. The molecule has 1 aromatic heterocycles. The third-order valence-electron chi connectivity index (χ3n) is 3.72. The highest BCUT2D eigenvalue weighted by Crippen LogP contribution is 2.22. The van der Waals surface area contributed by atoms with Crippen molar-refractivity contribution in [3.05, 3.63) is 82.8 Å². The second-order valence-corrected chi connectivity index (χ2v) is 7.97. The van der Waals surface area contributed by atoms with Crippen molar-refractivity contribution in [1.82, 2.24) is 9.71 Å². The van der Waals surface area contributed by atoms with Gasteiger partial charge in [0, 0.05) is 29.9 Å². The maximum absolute atomic E-state index is 13.2. The van der Waals surface area contributed by atoms with E-state index in [9.17, 15) is 12.8 Å². The lowest BCUT2D eigenvalue weighted by atomic mass is 10.2. The Morgan fingerprint density at radius 2 is 1.96 bits per heavy atom. The largest absolute Gasteiger partial charge is 0.439 e. The zero-order chi connectivity index (χ0) is 19.4. The van der Waals surface area contributed by atoms with Crippen LogP contribution in [0.5, 0.6) is 11.6 Å². The molecule has 1 N–H and O–H groups in total. The van der Waals surface area contributed by atoms with Crippen molar-refractivity contribution in [2.75, 3.05) is 0 Å². The van der Waals surface area contributed by atoms with Crippen molar-refractivity contribution >= 4 is 21.6 Å². The van der Waals surface area contributed by atoms with Crippen LogP contribution in [0.3, 0.4) is 0 Å². The molecule has 140 valence electrons. The van der Waals surface area contributed by atoms with E-state index in [2.05, 4.69) is 9.71 Å². The van der Waals surface area contributed by atoms with Crippen LogP contribution in [-0.2, 0) is 16.6 Å². The molecule has 0 fully saturated rings. The number of rotatable bonds is 6. The number of hydrogen-bond donors (Lipinski definition) is 1. The Balaban J connectivity index is 1.67. The molecule has 0 unspecified atom stereocenters. The van der Waals surface area contributed by atoms with Gasteiger partial charge in [-0.05, 0) is 42.3 Å². The van der Waals surface area contributed by atoms with Crippen molar-refractivity contribution in [1.29, 1.82) is 0 Å². The van der Waals surface area contributed by atoms with Crippen LogP contribution in [0.4, 0.5) is 4.39 Å². The Morgan fingerprint density at radius 1 is 1.15 bits per heavy atom. The van der Waals surface area contributed by atoms with Gasteiger partial charge in [-0.15, -0.1) is 0 Å². The van der Waals surface area contributed by atoms with Gasteiger partial charge in [0.2, 0.25) is 15.9 Å². The molecule has 0 aliphatic carbocycles. The van der Waals surface area contributed by atoms with Crippen molar-refractivity contribution < 1.29 is 17.5 Å². The topological polar surface area (TPSA) is 68.3 Å². The summed E-state index contributed by atoms with van der Waals surface area (Å²) in [6.07, 6.45) is 1.49. The van der Waals surface area contributed by atoms with Gasteiger partial charge < -0.3 is 4.74 Å². The average Bonchev–Trinajstić information content (AvgIpc) is 2.63. The molecule has 3 aromatic rings. The van der Waals surface area contributed by atoms with Gasteiger partial charge in [-0.1, -0.05) is 29.8 Å². The molecule has 0 spiro atoms. The Kier molecular flexibility index (Phi) is 5.74. The standard InChI is InChI=1S/C19H16ClFN2O3S/c1-13-5-7-15(20)9-18(13)27(24,25)23-12-14-6-8-19(22-11-14)26-17-4-2-3-16(21)10-17/h2-11,23H,12H2,1H3. The van der Waals surface area contributed by atoms with E-state index < -0.39 is 15.8 Å². The quantitative estimate of drug-likeness (QED) is 0.656. The van der Waals surface area contributed by atoms with Gasteiger partial charge in [0.25, 0.3) is 0 Å². The minimum absolute atomic E-state index is 0.0571. The fourth-order valence-corrected chi connectivity index (χ4v) is 3.87. The summed E-state index contributed by atoms with van der Waals surface area (Å²) in [7, 11) is -3.71. The summed E-state index contributed by atoms with van der Waals surface area (Å²) in [4.78, 5) is 4.24. The predicted molar refractivity (Wildman–Crippen MR) is 101 cm³/mol. The smallest absolute Gasteiger partial charge is 0.241 e. The number of nitrogens with zero attached hydrogens (tertiary/aromatic N) is 1. The van der Waals surface area contributed by atoms with Crippen molar-refractivity contribution in [2.24, 2.45) is 0 Å². The summed E-state index contributed by atoms with van der Waals surface area (Å²) in [5, 5.41) is 0.349. The third-order valence-corrected chi connectivity index (χ3v) is 5.50. The second-order valence-electron chi connectivity index (χ2n) is 5.80. The molecular formula is C19H16ClFN2O3S. The van der Waals surface area contributed by atoms with Gasteiger partial charge in [0.05, 0.1) is 4.90 Å². The molecule has 5 nitrogen and oxygen atoms in total. The van der Waals surface area contributed by atoms with Crippen LogP contribution >= 0.6 is 11.6 Å². The lowest BCUT2D eigenvalue weighted by Crippen LogP contribution is -2.24. The lowest BCUT2D eigenvalue weighted by Gasteiger charge is -2.10. The maximum atomic E-state index is 13.2. The van der Waals surface area contributed by atoms with E-state index in [0.717, 1.165) is 0 Å². The Bertz CT molecular complexity index is 1060. The van der Waals surface area contributed by atoms with Crippen LogP contribution in [0.25, 0.3) is 0 Å². The summed E-state index contributed by atoms with van der Waals surface area (Å²) in [6, 6.07) is 13.7. The molecular weight excluding hydrogens is 391 g/mol. The first-order valence-electron chi connectivity index (χ1n) is 7.98. The number of sulfonamides is 1. The molecule has 0 atom stereocenters. The van der Waals surface area contributed by atoms with Gasteiger partial charge in [-0.2, -0.15) is 0 Å². The molecule has 0 amide bonds.